The molecule has 0 aliphatic rings. The fourth-order valence-corrected chi connectivity index (χ4v) is 6.86. The van der Waals surface area contributed by atoms with E-state index in [1.807, 2.05) is 115 Å². The van der Waals surface area contributed by atoms with Crippen LogP contribution in [-0.4, -0.2) is 19.5 Å². The Bertz CT molecular complexity index is 2760. The fraction of sp³-hybridized carbons (Fsp3) is 0. The van der Waals surface area contributed by atoms with Crippen molar-refractivity contribution in [2.45, 2.75) is 0 Å². The summed E-state index contributed by atoms with van der Waals surface area (Å²) in [6.07, 6.45) is 0. The molecule has 0 radical (unpaired) electrons. The second-order valence-corrected chi connectivity index (χ2v) is 12.6. The Balaban J connectivity index is 1.36. The Kier molecular flexibility index (Phi) is 7.64. The third kappa shape index (κ3) is 5.57. The topological polar surface area (TPSA) is 67.4 Å². The van der Waals surface area contributed by atoms with Gasteiger partial charge in [-0.25, -0.2) is 19.3 Å². The van der Waals surface area contributed by atoms with Crippen molar-refractivity contribution in [3.8, 4) is 68.2 Å². The van der Waals surface area contributed by atoms with Gasteiger partial charge < -0.3 is 4.57 Å². The van der Waals surface area contributed by atoms with E-state index >= 15 is 0 Å². The standard InChI is InChI=1S/C46H28FN5/c47-37-18-10-17-34(26-37)36-22-24-40(46-50-44(31-12-3-1-4-13-31)49-45(51-46)32-14-5-2-6-15-32)43(28-36)52-41-20-8-7-19-38(41)39-23-21-35(27-42(39)52)33-16-9-11-30(25-33)29-48/h1-28H. The smallest absolute Gasteiger partial charge is 0.166 e. The Morgan fingerprint density at radius 1 is 0.442 bits per heavy atom. The van der Waals surface area contributed by atoms with Gasteiger partial charge in [-0.05, 0) is 70.8 Å². The van der Waals surface area contributed by atoms with Gasteiger partial charge in [-0.15, -0.1) is 0 Å². The van der Waals surface area contributed by atoms with Crippen molar-refractivity contribution in [2.24, 2.45) is 0 Å². The lowest BCUT2D eigenvalue weighted by molar-refractivity contribution is 0.628. The number of fused-ring (bicyclic) bond motifs is 3. The van der Waals surface area contributed by atoms with E-state index in [-0.39, 0.29) is 5.82 Å². The van der Waals surface area contributed by atoms with Crippen molar-refractivity contribution in [1.82, 2.24) is 19.5 Å². The van der Waals surface area contributed by atoms with E-state index < -0.39 is 0 Å². The minimum absolute atomic E-state index is 0.304. The average molecular weight is 670 g/mol. The van der Waals surface area contributed by atoms with Crippen molar-refractivity contribution in [1.29, 1.82) is 5.26 Å². The Morgan fingerprint density at radius 3 is 1.71 bits per heavy atom. The number of hydrogen-bond donors (Lipinski definition) is 0. The number of halogens is 1. The number of benzene rings is 7. The first-order chi connectivity index (χ1) is 25.6. The lowest BCUT2D eigenvalue weighted by Crippen LogP contribution is -2.04. The molecule has 9 rings (SSSR count). The molecule has 0 atom stereocenters. The molecule has 0 N–H and O–H groups in total. The van der Waals surface area contributed by atoms with Gasteiger partial charge in [0.1, 0.15) is 5.82 Å². The maximum atomic E-state index is 14.6. The molecule has 0 aliphatic heterocycles. The van der Waals surface area contributed by atoms with Crippen molar-refractivity contribution >= 4 is 21.8 Å². The molecule has 0 fully saturated rings. The Hall–Kier alpha value is -7.23. The molecule has 0 bridgehead atoms. The molecule has 0 amide bonds. The molecular weight excluding hydrogens is 642 g/mol. The van der Waals surface area contributed by atoms with Crippen LogP contribution in [0.2, 0.25) is 0 Å². The van der Waals surface area contributed by atoms with Crippen molar-refractivity contribution in [2.75, 3.05) is 0 Å². The molecular formula is C46H28FN5. The summed E-state index contributed by atoms with van der Waals surface area (Å²) >= 11 is 0. The van der Waals surface area contributed by atoms with Crippen LogP contribution >= 0.6 is 0 Å². The summed E-state index contributed by atoms with van der Waals surface area (Å²) in [6, 6.07) is 57.2. The van der Waals surface area contributed by atoms with Crippen LogP contribution < -0.4 is 0 Å². The van der Waals surface area contributed by atoms with Gasteiger partial charge in [0.15, 0.2) is 17.5 Å². The summed E-state index contributed by atoms with van der Waals surface area (Å²) in [5.41, 5.74) is 9.48. The van der Waals surface area contributed by atoms with E-state index in [0.717, 1.165) is 66.4 Å². The highest BCUT2D eigenvalue weighted by atomic mass is 19.1. The molecule has 0 aliphatic carbocycles. The maximum Gasteiger partial charge on any atom is 0.166 e. The van der Waals surface area contributed by atoms with E-state index in [9.17, 15) is 9.65 Å². The predicted octanol–water partition coefficient (Wildman–Crippen LogP) is 11.3. The highest BCUT2D eigenvalue weighted by molar-refractivity contribution is 6.10. The molecule has 9 aromatic rings. The molecule has 0 saturated heterocycles. The molecule has 7 aromatic carbocycles. The fourth-order valence-electron chi connectivity index (χ4n) is 6.86. The van der Waals surface area contributed by atoms with Gasteiger partial charge in [-0.3, -0.25) is 0 Å². The first-order valence-electron chi connectivity index (χ1n) is 16.9. The minimum atomic E-state index is -0.304. The average Bonchev–Trinajstić information content (AvgIpc) is 3.54. The van der Waals surface area contributed by atoms with Crippen molar-refractivity contribution in [3.63, 3.8) is 0 Å². The molecule has 5 nitrogen and oxygen atoms in total. The molecule has 6 heteroatoms. The summed E-state index contributed by atoms with van der Waals surface area (Å²) in [5.74, 6) is 1.33. The molecule has 0 spiro atoms. The van der Waals surface area contributed by atoms with E-state index in [2.05, 4.69) is 47.0 Å². The zero-order chi connectivity index (χ0) is 35.0. The summed E-state index contributed by atoms with van der Waals surface area (Å²) in [5, 5.41) is 11.8. The second kappa shape index (κ2) is 12.9. The highest BCUT2D eigenvalue weighted by Gasteiger charge is 2.21. The Labute approximate surface area is 299 Å². The molecule has 2 heterocycles. The third-order valence-corrected chi connectivity index (χ3v) is 9.34. The van der Waals surface area contributed by atoms with E-state index in [1.54, 1.807) is 12.1 Å². The van der Waals surface area contributed by atoms with Crippen molar-refractivity contribution in [3.05, 3.63) is 181 Å². The zero-order valence-electron chi connectivity index (χ0n) is 27.8. The van der Waals surface area contributed by atoms with Crippen LogP contribution in [0.1, 0.15) is 5.56 Å². The number of aromatic nitrogens is 4. The van der Waals surface area contributed by atoms with Crippen LogP contribution in [0.4, 0.5) is 4.39 Å². The van der Waals surface area contributed by atoms with Crippen LogP contribution in [0.15, 0.2) is 170 Å². The molecule has 0 unspecified atom stereocenters. The number of hydrogen-bond acceptors (Lipinski definition) is 4. The van der Waals surface area contributed by atoms with Gasteiger partial charge in [0.05, 0.1) is 28.4 Å². The monoisotopic (exact) mass is 669 g/mol. The number of nitrogens with zero attached hydrogens (tertiary/aromatic N) is 5. The van der Waals surface area contributed by atoms with Crippen LogP contribution in [0, 0.1) is 17.1 Å². The van der Waals surface area contributed by atoms with E-state index in [1.165, 1.54) is 6.07 Å². The normalized spacial score (nSPS) is 11.2. The summed E-state index contributed by atoms with van der Waals surface area (Å²) < 4.78 is 16.9. The first kappa shape index (κ1) is 30.8. The largest absolute Gasteiger partial charge is 0.308 e. The van der Waals surface area contributed by atoms with Crippen LogP contribution in [-0.2, 0) is 0 Å². The summed E-state index contributed by atoms with van der Waals surface area (Å²) in [6.45, 7) is 0. The summed E-state index contributed by atoms with van der Waals surface area (Å²) in [4.78, 5) is 15.1. The summed E-state index contributed by atoms with van der Waals surface area (Å²) in [7, 11) is 0. The van der Waals surface area contributed by atoms with Crippen LogP contribution in [0.3, 0.4) is 0 Å². The van der Waals surface area contributed by atoms with E-state index in [4.69, 9.17) is 15.0 Å². The molecule has 52 heavy (non-hydrogen) atoms. The molecule has 2 aromatic heterocycles. The third-order valence-electron chi connectivity index (χ3n) is 9.34. The van der Waals surface area contributed by atoms with E-state index in [0.29, 0.717) is 23.0 Å². The Morgan fingerprint density at radius 2 is 1.00 bits per heavy atom. The van der Waals surface area contributed by atoms with Crippen molar-refractivity contribution < 1.29 is 4.39 Å². The van der Waals surface area contributed by atoms with Gasteiger partial charge in [-0.1, -0.05) is 121 Å². The quantitative estimate of drug-likeness (QED) is 0.177. The number of para-hydroxylation sites is 1. The molecule has 244 valence electrons. The van der Waals surface area contributed by atoms with Gasteiger partial charge >= 0.3 is 0 Å². The number of rotatable bonds is 6. The maximum absolute atomic E-state index is 14.6. The lowest BCUT2D eigenvalue weighted by atomic mass is 10.0. The van der Waals surface area contributed by atoms with Gasteiger partial charge in [-0.2, -0.15) is 5.26 Å². The number of nitriles is 1. The minimum Gasteiger partial charge on any atom is -0.308 e. The van der Waals surface area contributed by atoms with Gasteiger partial charge in [0.25, 0.3) is 0 Å². The SMILES string of the molecule is N#Cc1cccc(-c2ccc3c4ccccc4n(-c4cc(-c5cccc(F)c5)ccc4-c4nc(-c5ccccc5)nc(-c5ccccc5)n4)c3c2)c1. The highest BCUT2D eigenvalue weighted by Crippen LogP contribution is 2.39. The predicted molar refractivity (Wildman–Crippen MR) is 206 cm³/mol. The lowest BCUT2D eigenvalue weighted by Gasteiger charge is -2.17. The van der Waals surface area contributed by atoms with Gasteiger partial charge in [0.2, 0.25) is 0 Å². The zero-order valence-corrected chi connectivity index (χ0v) is 27.8. The first-order valence-corrected chi connectivity index (χ1v) is 16.9. The van der Waals surface area contributed by atoms with Crippen LogP contribution in [0.25, 0.3) is 83.9 Å². The molecule has 0 saturated carbocycles. The van der Waals surface area contributed by atoms with Gasteiger partial charge in [0, 0.05) is 27.5 Å². The van der Waals surface area contributed by atoms with Crippen LogP contribution in [0.5, 0.6) is 0 Å². The second-order valence-electron chi connectivity index (χ2n) is 12.6.